The van der Waals surface area contributed by atoms with Gasteiger partial charge in [0.25, 0.3) is 0 Å². The van der Waals surface area contributed by atoms with Crippen molar-refractivity contribution in [3.8, 4) is 11.5 Å². The van der Waals surface area contributed by atoms with Crippen LogP contribution in [-0.4, -0.2) is 60.2 Å². The summed E-state index contributed by atoms with van der Waals surface area (Å²) >= 11 is 0. The van der Waals surface area contributed by atoms with Crippen LogP contribution in [0.3, 0.4) is 0 Å². The molecule has 0 radical (unpaired) electrons. The predicted molar refractivity (Wildman–Crippen MR) is 117 cm³/mol. The normalized spacial score (nSPS) is 11.7. The topological polar surface area (TPSA) is 120 Å². The summed E-state index contributed by atoms with van der Waals surface area (Å²) in [7, 11) is 3.36. The van der Waals surface area contributed by atoms with Crippen molar-refractivity contribution in [3.05, 3.63) is 40.2 Å². The monoisotopic (exact) mass is 411 g/mol. The third kappa shape index (κ3) is 3.17. The molecule has 0 fully saturated rings. The molecule has 0 amide bonds. The molecule has 9 nitrogen and oxygen atoms in total. The molecule has 30 heavy (non-hydrogen) atoms. The first-order chi connectivity index (χ1) is 14.6. The number of aliphatic hydroxyl groups is 1. The number of hydrogen-bond acceptors (Lipinski definition) is 8. The zero-order valence-electron chi connectivity index (χ0n) is 17.0. The Labute approximate surface area is 172 Å². The second-order valence-electron chi connectivity index (χ2n) is 7.01. The molecular formula is C21H25N5O4. The predicted octanol–water partition coefficient (Wildman–Crippen LogP) is 0.866. The van der Waals surface area contributed by atoms with Crippen LogP contribution in [0, 0.1) is 0 Å². The highest BCUT2D eigenvalue weighted by Crippen LogP contribution is 2.36. The SMILES string of the molecule is CNCCNc1ccc2c(CNCCO)nn3c4c(O)ccc(OC)c4c(=O)c1c23. The number of ether oxygens (including phenoxy) is 1. The van der Waals surface area contributed by atoms with Crippen molar-refractivity contribution in [1.82, 2.24) is 20.2 Å². The minimum atomic E-state index is -0.224. The van der Waals surface area contributed by atoms with Gasteiger partial charge in [-0.1, -0.05) is 0 Å². The van der Waals surface area contributed by atoms with Crippen LogP contribution < -0.4 is 26.1 Å². The molecule has 2 heterocycles. The number of benzene rings is 2. The van der Waals surface area contributed by atoms with E-state index in [0.717, 1.165) is 17.6 Å². The molecule has 2 aromatic heterocycles. The lowest BCUT2D eigenvalue weighted by Gasteiger charge is -2.13. The first kappa shape index (κ1) is 20.1. The summed E-state index contributed by atoms with van der Waals surface area (Å²) in [6, 6.07) is 6.89. The van der Waals surface area contributed by atoms with Crippen LogP contribution in [0.5, 0.6) is 11.5 Å². The number of nitrogens with zero attached hydrogens (tertiary/aromatic N) is 2. The standard InChI is InChI=1S/C21H25N5O4/c1-22-7-8-24-13-4-3-12-14(11-23-9-10-27)25-26-19(12)17(13)21(29)18-16(30-2)6-5-15(28)20(18)26/h3-6,22-24,27-28H,7-11H2,1-2H3. The average Bonchev–Trinajstić information content (AvgIpc) is 3.11. The van der Waals surface area contributed by atoms with Crippen LogP contribution in [0.1, 0.15) is 5.69 Å². The highest BCUT2D eigenvalue weighted by atomic mass is 16.5. The molecule has 0 saturated carbocycles. The van der Waals surface area contributed by atoms with E-state index in [0.29, 0.717) is 47.5 Å². The maximum absolute atomic E-state index is 13.6. The van der Waals surface area contributed by atoms with E-state index in [1.165, 1.54) is 13.2 Å². The smallest absolute Gasteiger partial charge is 0.203 e. The average molecular weight is 411 g/mol. The van der Waals surface area contributed by atoms with Gasteiger partial charge in [0.2, 0.25) is 5.43 Å². The Bertz CT molecular complexity index is 1250. The van der Waals surface area contributed by atoms with Gasteiger partial charge in [0.05, 0.1) is 35.7 Å². The van der Waals surface area contributed by atoms with E-state index in [2.05, 4.69) is 16.0 Å². The number of methoxy groups -OCH3 is 1. The van der Waals surface area contributed by atoms with Gasteiger partial charge in [-0.25, -0.2) is 4.52 Å². The van der Waals surface area contributed by atoms with Gasteiger partial charge in [0.1, 0.15) is 17.0 Å². The summed E-state index contributed by atoms with van der Waals surface area (Å²) in [6.07, 6.45) is 0. The molecular weight excluding hydrogens is 386 g/mol. The molecule has 0 aliphatic heterocycles. The number of aliphatic hydroxyl groups excluding tert-OH is 1. The summed E-state index contributed by atoms with van der Waals surface area (Å²) in [4.78, 5) is 13.6. The minimum absolute atomic E-state index is 0.0166. The van der Waals surface area contributed by atoms with Crippen molar-refractivity contribution in [1.29, 1.82) is 0 Å². The Hall–Kier alpha value is -3.14. The van der Waals surface area contributed by atoms with E-state index in [1.807, 2.05) is 19.2 Å². The molecule has 4 aromatic rings. The number of pyridine rings is 1. The number of phenolic OH excluding ortho intramolecular Hbond substituents is 1. The van der Waals surface area contributed by atoms with Gasteiger partial charge < -0.3 is 30.9 Å². The third-order valence-corrected chi connectivity index (χ3v) is 5.20. The number of aromatic hydroxyl groups is 1. The number of likely N-dealkylation sites (N-methyl/N-ethyl adjacent to an activating group) is 1. The van der Waals surface area contributed by atoms with E-state index in [1.54, 1.807) is 10.6 Å². The fourth-order valence-corrected chi connectivity index (χ4v) is 3.84. The number of fused-ring (bicyclic) bond motifs is 2. The molecule has 0 unspecified atom stereocenters. The minimum Gasteiger partial charge on any atom is -0.506 e. The Morgan fingerprint density at radius 1 is 1.10 bits per heavy atom. The van der Waals surface area contributed by atoms with Crippen molar-refractivity contribution >= 4 is 32.9 Å². The molecule has 0 aliphatic carbocycles. The molecule has 9 heteroatoms. The largest absolute Gasteiger partial charge is 0.506 e. The Kier molecular flexibility index (Phi) is 5.58. The van der Waals surface area contributed by atoms with Gasteiger partial charge in [-0.2, -0.15) is 5.10 Å². The molecule has 0 aliphatic rings. The van der Waals surface area contributed by atoms with Crippen molar-refractivity contribution in [2.75, 3.05) is 45.7 Å². The zero-order chi connectivity index (χ0) is 21.3. The zero-order valence-corrected chi connectivity index (χ0v) is 17.0. The number of nitrogens with one attached hydrogen (secondary N) is 3. The van der Waals surface area contributed by atoms with Crippen LogP contribution in [0.2, 0.25) is 0 Å². The fraction of sp³-hybridized carbons (Fsp3) is 0.333. The van der Waals surface area contributed by atoms with E-state index >= 15 is 0 Å². The highest BCUT2D eigenvalue weighted by molar-refractivity contribution is 6.10. The molecule has 0 atom stereocenters. The van der Waals surface area contributed by atoms with Gasteiger partial charge in [-0.05, 0) is 31.3 Å². The second-order valence-corrected chi connectivity index (χ2v) is 7.01. The maximum atomic E-state index is 13.6. The lowest BCUT2D eigenvalue weighted by atomic mass is 10.0. The van der Waals surface area contributed by atoms with E-state index in [9.17, 15) is 9.90 Å². The Morgan fingerprint density at radius 2 is 1.93 bits per heavy atom. The number of phenols is 1. The van der Waals surface area contributed by atoms with Gasteiger partial charge in [-0.3, -0.25) is 4.79 Å². The molecule has 4 rings (SSSR count). The van der Waals surface area contributed by atoms with E-state index < -0.39 is 0 Å². The summed E-state index contributed by atoms with van der Waals surface area (Å²) in [5.74, 6) is 0.338. The van der Waals surface area contributed by atoms with Crippen LogP contribution in [-0.2, 0) is 6.54 Å². The van der Waals surface area contributed by atoms with Gasteiger partial charge in [0, 0.05) is 37.3 Å². The quantitative estimate of drug-likeness (QED) is 0.203. The van der Waals surface area contributed by atoms with E-state index in [-0.39, 0.29) is 23.2 Å². The maximum Gasteiger partial charge on any atom is 0.203 e. The molecule has 158 valence electrons. The highest BCUT2D eigenvalue weighted by Gasteiger charge is 2.23. The molecule has 0 saturated heterocycles. The Balaban J connectivity index is 2.08. The van der Waals surface area contributed by atoms with E-state index in [4.69, 9.17) is 14.9 Å². The summed E-state index contributed by atoms with van der Waals surface area (Å²) in [5.41, 5.74) is 2.17. The summed E-state index contributed by atoms with van der Waals surface area (Å²) in [5, 5.41) is 35.5. The first-order valence-corrected chi connectivity index (χ1v) is 9.82. The van der Waals surface area contributed by atoms with Crippen LogP contribution in [0.4, 0.5) is 5.69 Å². The number of aromatic nitrogens is 2. The van der Waals surface area contributed by atoms with Crippen molar-refractivity contribution in [2.24, 2.45) is 0 Å². The van der Waals surface area contributed by atoms with Crippen molar-refractivity contribution in [3.63, 3.8) is 0 Å². The molecule has 2 aromatic carbocycles. The van der Waals surface area contributed by atoms with Crippen LogP contribution >= 0.6 is 0 Å². The van der Waals surface area contributed by atoms with Crippen LogP contribution in [0.25, 0.3) is 27.2 Å². The molecule has 5 N–H and O–H groups in total. The van der Waals surface area contributed by atoms with Gasteiger partial charge >= 0.3 is 0 Å². The van der Waals surface area contributed by atoms with Crippen molar-refractivity contribution < 1.29 is 14.9 Å². The number of hydrogen-bond donors (Lipinski definition) is 5. The number of rotatable bonds is 9. The molecule has 0 bridgehead atoms. The van der Waals surface area contributed by atoms with Gasteiger partial charge in [-0.15, -0.1) is 0 Å². The third-order valence-electron chi connectivity index (χ3n) is 5.20. The fourth-order valence-electron chi connectivity index (χ4n) is 3.84. The van der Waals surface area contributed by atoms with Gasteiger partial charge in [0.15, 0.2) is 0 Å². The summed E-state index contributed by atoms with van der Waals surface area (Å²) in [6.45, 7) is 2.25. The number of anilines is 1. The van der Waals surface area contributed by atoms with Crippen molar-refractivity contribution in [2.45, 2.75) is 6.54 Å². The first-order valence-electron chi connectivity index (χ1n) is 9.82. The van der Waals surface area contributed by atoms with Crippen LogP contribution in [0.15, 0.2) is 29.1 Å². The lowest BCUT2D eigenvalue weighted by molar-refractivity contribution is 0.291. The Morgan fingerprint density at radius 3 is 2.67 bits per heavy atom. The summed E-state index contributed by atoms with van der Waals surface area (Å²) < 4.78 is 7.05. The second kappa shape index (κ2) is 8.31. The molecule has 0 spiro atoms. The lowest BCUT2D eigenvalue weighted by Crippen LogP contribution is -2.19.